The van der Waals surface area contributed by atoms with E-state index in [9.17, 15) is 4.79 Å². The molecule has 0 aliphatic carbocycles. The molecular weight excluding hydrogens is 228 g/mol. The first-order valence-corrected chi connectivity index (χ1v) is 6.39. The second-order valence-electron chi connectivity index (χ2n) is 2.92. The molecule has 0 atom stereocenters. The molecule has 0 amide bonds. The molecule has 0 N–H and O–H groups in total. The minimum Gasteiger partial charge on any atom is -0.279 e. The number of hydrogen-bond acceptors (Lipinski definition) is 2. The van der Waals surface area contributed by atoms with Crippen molar-refractivity contribution in [3.63, 3.8) is 0 Å². The number of carbonyl (C=O) groups excluding carboxylic acids is 1. The molecule has 1 aromatic carbocycles. The molecule has 2 rings (SSSR count). The van der Waals surface area contributed by atoms with Gasteiger partial charge in [-0.3, -0.25) is 4.79 Å². The van der Waals surface area contributed by atoms with Gasteiger partial charge in [-0.15, -0.1) is 11.3 Å². The summed E-state index contributed by atoms with van der Waals surface area (Å²) in [6.45, 7) is 4.00. The highest BCUT2D eigenvalue weighted by Crippen LogP contribution is 2.06. The lowest BCUT2D eigenvalue weighted by molar-refractivity contribution is 0.105. The van der Waals surface area contributed by atoms with E-state index < -0.39 is 0 Å². The summed E-state index contributed by atoms with van der Waals surface area (Å²) in [4.78, 5) is 12.5. The van der Waals surface area contributed by atoms with Crippen molar-refractivity contribution in [2.45, 2.75) is 13.8 Å². The minimum atomic E-state index is -0.135. The highest BCUT2D eigenvalue weighted by molar-refractivity contribution is 7.10. The molecule has 0 spiro atoms. The van der Waals surface area contributed by atoms with Crippen LogP contribution < -0.4 is 0 Å². The third kappa shape index (κ3) is 4.26. The molecule has 1 nitrogen and oxygen atoms in total. The topological polar surface area (TPSA) is 17.1 Å². The molecule has 1 aromatic heterocycles. The molecule has 0 aliphatic heterocycles. The molecule has 0 radical (unpaired) electrons. The Hall–Kier alpha value is -1.85. The Morgan fingerprint density at radius 3 is 2.35 bits per heavy atom. The van der Waals surface area contributed by atoms with Gasteiger partial charge in [-0.25, -0.2) is 0 Å². The Labute approximate surface area is 106 Å². The Bertz CT molecular complexity index is 501. The van der Waals surface area contributed by atoms with Gasteiger partial charge in [0.2, 0.25) is 5.78 Å². The van der Waals surface area contributed by atoms with Crippen LogP contribution in [0.5, 0.6) is 0 Å². The van der Waals surface area contributed by atoms with Crippen LogP contribution in [0.1, 0.15) is 29.1 Å². The number of ketones is 1. The first-order chi connectivity index (χ1) is 8.36. The summed E-state index contributed by atoms with van der Waals surface area (Å²) in [5, 5.41) is 1.94. The van der Waals surface area contributed by atoms with E-state index in [1.54, 1.807) is 12.1 Å². The second-order valence-corrected chi connectivity index (χ2v) is 3.87. The quantitative estimate of drug-likeness (QED) is 0.545. The van der Waals surface area contributed by atoms with Crippen molar-refractivity contribution in [2.24, 2.45) is 0 Å². The summed E-state index contributed by atoms with van der Waals surface area (Å²) in [6.07, 6.45) is 0. The zero-order chi connectivity index (χ0) is 12.5. The standard InChI is InChI=1S/C13H8OS.C2H6/c14-13(11-5-2-1-3-6-11)9-8-12-7-4-10-15-12;1-2/h1-7,10H;1-2H3. The van der Waals surface area contributed by atoms with Crippen molar-refractivity contribution >= 4 is 17.1 Å². The van der Waals surface area contributed by atoms with Crippen LogP contribution in [0.2, 0.25) is 0 Å². The van der Waals surface area contributed by atoms with Crippen molar-refractivity contribution in [1.82, 2.24) is 0 Å². The summed E-state index contributed by atoms with van der Waals surface area (Å²) in [5.41, 5.74) is 0.640. The smallest absolute Gasteiger partial charge is 0.236 e. The van der Waals surface area contributed by atoms with Crippen LogP contribution in [0, 0.1) is 11.8 Å². The molecule has 0 aliphatic rings. The van der Waals surface area contributed by atoms with Gasteiger partial charge < -0.3 is 0 Å². The van der Waals surface area contributed by atoms with Gasteiger partial charge in [0, 0.05) is 5.56 Å². The van der Waals surface area contributed by atoms with Gasteiger partial charge in [-0.05, 0) is 23.3 Å². The molecule has 17 heavy (non-hydrogen) atoms. The predicted octanol–water partition coefficient (Wildman–Crippen LogP) is 4.01. The number of hydrogen-bond donors (Lipinski definition) is 0. The van der Waals surface area contributed by atoms with E-state index in [-0.39, 0.29) is 5.78 Å². The van der Waals surface area contributed by atoms with Crippen molar-refractivity contribution in [2.75, 3.05) is 0 Å². The van der Waals surface area contributed by atoms with E-state index in [0.29, 0.717) is 5.56 Å². The predicted molar refractivity (Wildman–Crippen MR) is 73.3 cm³/mol. The third-order valence-electron chi connectivity index (χ3n) is 1.86. The maximum absolute atomic E-state index is 11.6. The second kappa shape index (κ2) is 7.43. The summed E-state index contributed by atoms with van der Waals surface area (Å²) < 4.78 is 0. The largest absolute Gasteiger partial charge is 0.279 e. The molecule has 1 heterocycles. The fraction of sp³-hybridized carbons (Fsp3) is 0.133. The van der Waals surface area contributed by atoms with Crippen molar-refractivity contribution in [1.29, 1.82) is 0 Å². The first kappa shape index (κ1) is 13.2. The Morgan fingerprint density at radius 1 is 1.06 bits per heavy atom. The van der Waals surface area contributed by atoms with Gasteiger partial charge in [0.25, 0.3) is 0 Å². The van der Waals surface area contributed by atoms with Gasteiger partial charge >= 0.3 is 0 Å². The summed E-state index contributed by atoms with van der Waals surface area (Å²) in [7, 11) is 0. The summed E-state index contributed by atoms with van der Waals surface area (Å²) in [6, 6.07) is 12.9. The fourth-order valence-electron chi connectivity index (χ4n) is 1.13. The molecular formula is C15H14OS. The average Bonchev–Trinajstić information content (AvgIpc) is 2.92. The molecule has 0 unspecified atom stereocenters. The molecule has 0 saturated heterocycles. The first-order valence-electron chi connectivity index (χ1n) is 5.51. The van der Waals surface area contributed by atoms with Gasteiger partial charge in [-0.2, -0.15) is 0 Å². The van der Waals surface area contributed by atoms with Gasteiger partial charge in [0.05, 0.1) is 4.88 Å². The van der Waals surface area contributed by atoms with Crippen LogP contribution in [0.15, 0.2) is 47.8 Å². The lowest BCUT2D eigenvalue weighted by atomic mass is 10.1. The van der Waals surface area contributed by atoms with Crippen LogP contribution >= 0.6 is 11.3 Å². The maximum Gasteiger partial charge on any atom is 0.236 e. The highest BCUT2D eigenvalue weighted by atomic mass is 32.1. The number of rotatable bonds is 1. The Balaban J connectivity index is 0.000000686. The van der Waals surface area contributed by atoms with Crippen molar-refractivity contribution in [3.05, 3.63) is 58.3 Å². The molecule has 0 fully saturated rings. The normalized spacial score (nSPS) is 8.35. The maximum atomic E-state index is 11.6. The van der Waals surface area contributed by atoms with E-state index >= 15 is 0 Å². The molecule has 0 saturated carbocycles. The van der Waals surface area contributed by atoms with E-state index in [2.05, 4.69) is 11.8 Å². The monoisotopic (exact) mass is 242 g/mol. The average molecular weight is 242 g/mol. The van der Waals surface area contributed by atoms with E-state index in [4.69, 9.17) is 0 Å². The van der Waals surface area contributed by atoms with E-state index in [0.717, 1.165) is 4.88 Å². The minimum absolute atomic E-state index is 0.135. The van der Waals surface area contributed by atoms with Crippen LogP contribution in [0.4, 0.5) is 0 Å². The van der Waals surface area contributed by atoms with Crippen LogP contribution in [0.25, 0.3) is 0 Å². The van der Waals surface area contributed by atoms with E-state index in [1.807, 2.05) is 49.6 Å². The summed E-state index contributed by atoms with van der Waals surface area (Å²) in [5.74, 6) is 5.33. The zero-order valence-corrected chi connectivity index (χ0v) is 10.8. The van der Waals surface area contributed by atoms with Crippen LogP contribution in [0.3, 0.4) is 0 Å². The molecule has 2 heteroatoms. The van der Waals surface area contributed by atoms with Gasteiger partial charge in [0.15, 0.2) is 0 Å². The lowest BCUT2D eigenvalue weighted by Crippen LogP contribution is -1.93. The SMILES string of the molecule is CC.O=C(C#Cc1cccs1)c1ccccc1. The lowest BCUT2D eigenvalue weighted by Gasteiger charge is -1.89. The number of thiophene rings is 1. The molecule has 2 aromatic rings. The molecule has 86 valence electrons. The van der Waals surface area contributed by atoms with E-state index in [1.165, 1.54) is 11.3 Å². The highest BCUT2D eigenvalue weighted by Gasteiger charge is 1.98. The zero-order valence-electron chi connectivity index (χ0n) is 9.94. The molecule has 0 bridgehead atoms. The number of benzene rings is 1. The summed E-state index contributed by atoms with van der Waals surface area (Å²) >= 11 is 1.53. The Kier molecular flexibility index (Phi) is 5.77. The van der Waals surface area contributed by atoms with Crippen LogP contribution in [-0.4, -0.2) is 5.78 Å². The van der Waals surface area contributed by atoms with Crippen molar-refractivity contribution < 1.29 is 4.79 Å². The third-order valence-corrected chi connectivity index (χ3v) is 2.64. The van der Waals surface area contributed by atoms with Crippen LogP contribution in [-0.2, 0) is 0 Å². The number of Topliss-reactive ketones (excluding diaryl/α,β-unsaturated/α-hetero) is 1. The fourth-order valence-corrected chi connectivity index (χ4v) is 1.70. The Morgan fingerprint density at radius 2 is 1.76 bits per heavy atom. The number of carbonyl (C=O) groups is 1. The van der Waals surface area contributed by atoms with Crippen molar-refractivity contribution in [3.8, 4) is 11.8 Å². The van der Waals surface area contributed by atoms with Gasteiger partial charge in [0.1, 0.15) is 0 Å². The van der Waals surface area contributed by atoms with Gasteiger partial charge in [-0.1, -0.05) is 50.2 Å².